The maximum Gasteiger partial charge on any atom is 0.306 e. The van der Waals surface area contributed by atoms with Crippen molar-refractivity contribution < 1.29 is 27.1 Å². The van der Waals surface area contributed by atoms with Crippen molar-refractivity contribution in [2.75, 3.05) is 0 Å². The smallest absolute Gasteiger partial charge is 0.306 e. The van der Waals surface area contributed by atoms with Gasteiger partial charge in [0, 0.05) is 18.5 Å². The number of carbonyl (C=O) groups is 1. The minimum Gasteiger partial charge on any atom is -0.481 e. The summed E-state index contributed by atoms with van der Waals surface area (Å²) in [6.07, 6.45) is 3.52. The average Bonchev–Trinajstić information content (AvgIpc) is 2.46. The fraction of sp³-hybridized carbons (Fsp3) is 0.400. The lowest BCUT2D eigenvalue weighted by atomic mass is 9.92. The third-order valence-corrected chi connectivity index (χ3v) is 5.18. The number of halogens is 2. The van der Waals surface area contributed by atoms with Crippen molar-refractivity contribution in [1.82, 2.24) is 4.72 Å². The highest BCUT2D eigenvalue weighted by molar-refractivity contribution is 7.89. The Labute approximate surface area is 133 Å². The van der Waals surface area contributed by atoms with E-state index in [0.29, 0.717) is 13.3 Å². The maximum absolute atomic E-state index is 13.6. The molecule has 1 aliphatic rings. The van der Waals surface area contributed by atoms with Crippen LogP contribution in [-0.2, 0) is 20.7 Å². The minimum absolute atomic E-state index is 0.0791. The van der Waals surface area contributed by atoms with Crippen LogP contribution in [0.2, 0.25) is 0 Å². The van der Waals surface area contributed by atoms with E-state index in [-0.39, 0.29) is 6.42 Å². The van der Waals surface area contributed by atoms with Crippen LogP contribution in [0.1, 0.15) is 25.3 Å². The molecule has 8 heteroatoms. The topological polar surface area (TPSA) is 83.5 Å². The molecule has 0 spiro atoms. The van der Waals surface area contributed by atoms with Gasteiger partial charge in [-0.2, -0.15) is 0 Å². The first-order valence-corrected chi connectivity index (χ1v) is 8.48. The largest absolute Gasteiger partial charge is 0.481 e. The van der Waals surface area contributed by atoms with E-state index in [0.717, 1.165) is 12.1 Å². The molecule has 1 aromatic carbocycles. The average molecular weight is 345 g/mol. The fourth-order valence-electron chi connectivity index (χ4n) is 2.50. The Balaban J connectivity index is 2.29. The highest BCUT2D eigenvalue weighted by Crippen LogP contribution is 2.32. The molecule has 0 unspecified atom stereocenters. The van der Waals surface area contributed by atoms with Crippen LogP contribution in [0.5, 0.6) is 0 Å². The Hall–Kier alpha value is -1.80. The molecular weight excluding hydrogens is 328 g/mol. The van der Waals surface area contributed by atoms with E-state index in [2.05, 4.69) is 4.72 Å². The third-order valence-electron chi connectivity index (χ3n) is 3.63. The molecular formula is C15H17F2NO4S. The van der Waals surface area contributed by atoms with Crippen molar-refractivity contribution in [3.05, 3.63) is 42.0 Å². The van der Waals surface area contributed by atoms with Gasteiger partial charge < -0.3 is 5.11 Å². The zero-order chi connectivity index (χ0) is 17.3. The molecule has 0 aliphatic heterocycles. The molecule has 0 heterocycles. The summed E-state index contributed by atoms with van der Waals surface area (Å²) in [5, 5.41) is 9.01. The molecule has 1 aliphatic carbocycles. The van der Waals surface area contributed by atoms with Crippen molar-refractivity contribution in [2.45, 2.75) is 36.6 Å². The van der Waals surface area contributed by atoms with Crippen molar-refractivity contribution in [3.63, 3.8) is 0 Å². The molecule has 0 amide bonds. The lowest BCUT2D eigenvalue weighted by molar-refractivity contribution is -0.142. The van der Waals surface area contributed by atoms with Gasteiger partial charge in [-0.05, 0) is 18.9 Å². The van der Waals surface area contributed by atoms with E-state index < -0.39 is 44.3 Å². The lowest BCUT2D eigenvalue weighted by Crippen LogP contribution is -2.38. The first-order chi connectivity index (χ1) is 10.6. The van der Waals surface area contributed by atoms with Crippen LogP contribution >= 0.6 is 0 Å². The summed E-state index contributed by atoms with van der Waals surface area (Å²) in [7, 11) is -4.20. The Morgan fingerprint density at radius 2 is 2.00 bits per heavy atom. The van der Waals surface area contributed by atoms with Crippen molar-refractivity contribution in [3.8, 4) is 0 Å². The maximum atomic E-state index is 13.6. The second kappa shape index (κ2) is 6.37. The van der Waals surface area contributed by atoms with Gasteiger partial charge in [0.2, 0.25) is 10.0 Å². The van der Waals surface area contributed by atoms with Crippen LogP contribution in [-0.4, -0.2) is 25.5 Å². The highest BCUT2D eigenvalue weighted by atomic mass is 32.2. The Kier molecular flexibility index (Phi) is 4.86. The number of allylic oxidation sites excluding steroid dienone is 1. The number of rotatable bonds is 5. The summed E-state index contributed by atoms with van der Waals surface area (Å²) in [5.41, 5.74) is -0.595. The molecule has 1 aromatic rings. The van der Waals surface area contributed by atoms with Crippen LogP contribution in [0.25, 0.3) is 0 Å². The molecule has 126 valence electrons. The Morgan fingerprint density at radius 3 is 2.61 bits per heavy atom. The number of hydrogen-bond donors (Lipinski definition) is 2. The van der Waals surface area contributed by atoms with Crippen molar-refractivity contribution >= 4 is 16.0 Å². The summed E-state index contributed by atoms with van der Waals surface area (Å²) < 4.78 is 54.4. The summed E-state index contributed by atoms with van der Waals surface area (Å²) in [6, 6.07) is 4.13. The number of nitrogens with one attached hydrogen (secondary N) is 1. The van der Waals surface area contributed by atoms with Crippen LogP contribution < -0.4 is 4.72 Å². The van der Waals surface area contributed by atoms with Gasteiger partial charge in [0.1, 0.15) is 0 Å². The highest BCUT2D eigenvalue weighted by Gasteiger charge is 2.34. The number of carboxylic acids is 1. The van der Waals surface area contributed by atoms with E-state index in [9.17, 15) is 22.0 Å². The predicted molar refractivity (Wildman–Crippen MR) is 79.6 cm³/mol. The summed E-state index contributed by atoms with van der Waals surface area (Å²) >= 11 is 0. The number of hydrogen-bond acceptors (Lipinski definition) is 3. The summed E-state index contributed by atoms with van der Waals surface area (Å²) in [6.45, 7) is 0.627. The number of aliphatic carboxylic acids is 1. The van der Waals surface area contributed by atoms with Gasteiger partial charge in [-0.3, -0.25) is 4.79 Å². The van der Waals surface area contributed by atoms with Crippen LogP contribution in [0.4, 0.5) is 8.78 Å². The zero-order valence-electron chi connectivity index (χ0n) is 12.4. The monoisotopic (exact) mass is 345 g/mol. The molecule has 2 atom stereocenters. The molecule has 23 heavy (non-hydrogen) atoms. The van der Waals surface area contributed by atoms with E-state index in [1.807, 2.05) is 0 Å². The summed E-state index contributed by atoms with van der Waals surface area (Å²) in [4.78, 5) is 10.5. The zero-order valence-corrected chi connectivity index (χ0v) is 13.2. The predicted octanol–water partition coefficient (Wildman–Crippen LogP) is 2.50. The van der Waals surface area contributed by atoms with Gasteiger partial charge in [0.25, 0.3) is 5.92 Å². The molecule has 2 N–H and O–H groups in total. The third kappa shape index (κ3) is 4.14. The van der Waals surface area contributed by atoms with Gasteiger partial charge >= 0.3 is 5.97 Å². The van der Waals surface area contributed by atoms with Crippen LogP contribution in [0.15, 0.2) is 41.3 Å². The quantitative estimate of drug-likeness (QED) is 0.803. The molecule has 0 radical (unpaired) electrons. The number of benzene rings is 1. The van der Waals surface area contributed by atoms with Gasteiger partial charge in [-0.25, -0.2) is 21.9 Å². The lowest BCUT2D eigenvalue weighted by Gasteiger charge is -2.24. The normalized spacial score (nSPS) is 22.0. The van der Waals surface area contributed by atoms with Gasteiger partial charge in [0.15, 0.2) is 0 Å². The molecule has 0 bridgehead atoms. The van der Waals surface area contributed by atoms with Crippen molar-refractivity contribution in [1.29, 1.82) is 0 Å². The van der Waals surface area contributed by atoms with Crippen LogP contribution in [0, 0.1) is 5.92 Å². The molecule has 0 saturated carbocycles. The van der Waals surface area contributed by atoms with Crippen molar-refractivity contribution in [2.24, 2.45) is 5.92 Å². The fourth-order valence-corrected chi connectivity index (χ4v) is 4.00. The summed E-state index contributed by atoms with van der Waals surface area (Å²) in [5.74, 6) is -5.02. The standard InChI is InChI=1S/C15H17F2NO4S/c1-15(16,17)12-7-2-3-8-13(12)23(21,22)18-11-6-4-5-10(9-11)14(19)20/h2-4,6-8,10-11,18H,5,9H2,1H3,(H,19,20)/t10-,11-/m0/s1. The van der Waals surface area contributed by atoms with Gasteiger partial charge in [-0.1, -0.05) is 30.4 Å². The molecule has 0 saturated heterocycles. The van der Waals surface area contributed by atoms with E-state index in [1.165, 1.54) is 12.1 Å². The number of carboxylic acid groups (broad SMARTS) is 1. The van der Waals surface area contributed by atoms with Crippen LogP contribution in [0.3, 0.4) is 0 Å². The molecule has 2 rings (SSSR count). The first kappa shape index (κ1) is 17.6. The SMILES string of the molecule is CC(F)(F)c1ccccc1S(=O)(=O)N[C@H]1C=CC[C@H](C(=O)O)C1. The number of sulfonamides is 1. The van der Waals surface area contributed by atoms with Gasteiger partial charge in [-0.15, -0.1) is 0 Å². The second-order valence-electron chi connectivity index (χ2n) is 5.55. The number of alkyl halides is 2. The van der Waals surface area contributed by atoms with Gasteiger partial charge in [0.05, 0.1) is 10.8 Å². The molecule has 5 nitrogen and oxygen atoms in total. The minimum atomic E-state index is -4.20. The van der Waals surface area contributed by atoms with E-state index in [4.69, 9.17) is 5.11 Å². The van der Waals surface area contributed by atoms with E-state index in [1.54, 1.807) is 12.2 Å². The Morgan fingerprint density at radius 1 is 1.35 bits per heavy atom. The molecule has 0 aromatic heterocycles. The first-order valence-electron chi connectivity index (χ1n) is 7.00. The van der Waals surface area contributed by atoms with E-state index >= 15 is 0 Å². The second-order valence-corrected chi connectivity index (χ2v) is 7.23. The Bertz CT molecular complexity index is 725. The molecule has 0 fully saturated rings.